The van der Waals surface area contributed by atoms with Crippen molar-refractivity contribution in [1.29, 1.82) is 5.41 Å². The van der Waals surface area contributed by atoms with Gasteiger partial charge in [0.15, 0.2) is 3.84 Å². The van der Waals surface area contributed by atoms with Crippen LogP contribution in [-0.4, -0.2) is 68.9 Å². The second-order valence-corrected chi connectivity index (χ2v) is 1.51. The molecule has 0 rings (SSSR count). The third-order valence-electron chi connectivity index (χ3n) is 0. The fourth-order valence-electron chi connectivity index (χ4n) is 0. The molecule has 38 valence electrons. The molecular formula is CH7CaIN2PbTi. The van der Waals surface area contributed by atoms with Crippen LogP contribution in [0.5, 0.6) is 0 Å². The van der Waals surface area contributed by atoms with Crippen LogP contribution in [0.3, 0.4) is 0 Å². The molecule has 0 aromatic heterocycles. The van der Waals surface area contributed by atoms with Gasteiger partial charge < -0.3 is 8.59 Å². The minimum atomic E-state index is 0. The SMILES string of the molecule is N=C(N)I.[Ca+2].[H-].[H-].[PbH2].[Ti]. The molecule has 0 aliphatic rings. The monoisotopic (exact) mass is 470 g/mol. The molecule has 3 N–H and O–H groups in total. The van der Waals surface area contributed by atoms with E-state index in [0.717, 1.165) is 0 Å². The van der Waals surface area contributed by atoms with Crippen LogP contribution >= 0.6 is 22.6 Å². The molecule has 0 unspecified atom stereocenters. The van der Waals surface area contributed by atoms with Crippen LogP contribution in [0.15, 0.2) is 0 Å². The molecule has 0 aromatic carbocycles. The van der Waals surface area contributed by atoms with Gasteiger partial charge in [-0.05, 0) is 22.6 Å². The van der Waals surface area contributed by atoms with Gasteiger partial charge in [0.1, 0.15) is 0 Å². The van der Waals surface area contributed by atoms with E-state index in [-0.39, 0.29) is 93.5 Å². The molecule has 0 aromatic rings. The second kappa shape index (κ2) is 16.0. The van der Waals surface area contributed by atoms with Gasteiger partial charge in [-0.3, -0.25) is 5.41 Å². The predicted octanol–water partition coefficient (Wildman–Crippen LogP) is -0.760. The summed E-state index contributed by atoms with van der Waals surface area (Å²) >= 11 is 1.70. The first-order valence-electron chi connectivity index (χ1n) is 0.728. The van der Waals surface area contributed by atoms with E-state index in [1.165, 1.54) is 0 Å². The van der Waals surface area contributed by atoms with Gasteiger partial charge in [0.05, 0.1) is 0 Å². The van der Waals surface area contributed by atoms with Crippen LogP contribution in [0, 0.1) is 5.41 Å². The van der Waals surface area contributed by atoms with Crippen molar-refractivity contribution >= 4 is 91.5 Å². The van der Waals surface area contributed by atoms with Crippen LogP contribution in [-0.2, 0) is 21.7 Å². The van der Waals surface area contributed by atoms with Gasteiger partial charge in [0, 0.05) is 21.7 Å². The molecule has 0 atom stereocenters. The van der Waals surface area contributed by atoms with Gasteiger partial charge in [-0.2, -0.15) is 0 Å². The fraction of sp³-hybridized carbons (Fsp3) is 0. The van der Waals surface area contributed by atoms with Crippen molar-refractivity contribution < 1.29 is 24.6 Å². The van der Waals surface area contributed by atoms with E-state index in [2.05, 4.69) is 5.73 Å². The van der Waals surface area contributed by atoms with Crippen LogP contribution < -0.4 is 5.73 Å². The molecule has 7 heavy (non-hydrogen) atoms. The number of amidine groups is 1. The molecule has 2 nitrogen and oxygen atoms in total. The predicted molar refractivity (Wildman–Crippen MR) is 42.5 cm³/mol. The Hall–Kier alpha value is 3.10. The van der Waals surface area contributed by atoms with E-state index >= 15 is 0 Å². The number of nitrogens with two attached hydrogens (primary N) is 1. The number of nitrogens with one attached hydrogen (secondary N) is 1. The maximum absolute atomic E-state index is 6.26. The first-order valence-corrected chi connectivity index (χ1v) is 1.81. The van der Waals surface area contributed by atoms with Crippen molar-refractivity contribution in [3.05, 3.63) is 0 Å². The average Bonchev–Trinajstić information content (AvgIpc) is 0.811. The van der Waals surface area contributed by atoms with Gasteiger partial charge >= 0.3 is 65.0 Å². The molecule has 0 fully saturated rings. The molecule has 0 saturated carbocycles. The smallest absolute Gasteiger partial charge is 0 e. The topological polar surface area (TPSA) is 49.9 Å². The van der Waals surface area contributed by atoms with Crippen molar-refractivity contribution in [2.45, 2.75) is 0 Å². The van der Waals surface area contributed by atoms with E-state index in [9.17, 15) is 0 Å². The quantitative estimate of drug-likeness (QED) is 0.159. The Kier molecular flexibility index (Phi) is 51.5. The van der Waals surface area contributed by atoms with E-state index in [0.29, 0.717) is 0 Å². The Morgan fingerprint density at radius 1 is 1.71 bits per heavy atom. The van der Waals surface area contributed by atoms with E-state index in [4.69, 9.17) is 5.41 Å². The molecule has 0 amide bonds. The summed E-state index contributed by atoms with van der Waals surface area (Å²) in [6.07, 6.45) is 0. The molecule has 2 radical (unpaired) electrons. The number of halogens is 1. The third kappa shape index (κ3) is 47.8. The van der Waals surface area contributed by atoms with Gasteiger partial charge in [-0.1, -0.05) is 0 Å². The number of rotatable bonds is 0. The zero-order chi connectivity index (χ0) is 3.58. The van der Waals surface area contributed by atoms with Crippen molar-refractivity contribution in [3.63, 3.8) is 0 Å². The van der Waals surface area contributed by atoms with E-state index in [1.54, 1.807) is 22.6 Å². The van der Waals surface area contributed by atoms with Crippen LogP contribution in [0.25, 0.3) is 0 Å². The van der Waals surface area contributed by atoms with E-state index < -0.39 is 0 Å². The summed E-state index contributed by atoms with van der Waals surface area (Å²) in [7, 11) is 0. The molecule has 0 bridgehead atoms. The van der Waals surface area contributed by atoms with Crippen molar-refractivity contribution in [1.82, 2.24) is 0 Å². The first-order chi connectivity index (χ1) is 1.73. The summed E-state index contributed by atoms with van der Waals surface area (Å²) < 4.78 is 0.137. The summed E-state index contributed by atoms with van der Waals surface area (Å²) in [6, 6.07) is 0. The maximum atomic E-state index is 6.26. The summed E-state index contributed by atoms with van der Waals surface area (Å²) in [5.74, 6) is 0. The molecule has 0 spiro atoms. The van der Waals surface area contributed by atoms with Gasteiger partial charge in [0.2, 0.25) is 0 Å². The summed E-state index contributed by atoms with van der Waals surface area (Å²) in [5, 5.41) is 6.26. The molecule has 0 aliphatic carbocycles. The van der Waals surface area contributed by atoms with Crippen LogP contribution in [0.4, 0.5) is 0 Å². The normalized spacial score (nSPS) is 3.57. The summed E-state index contributed by atoms with van der Waals surface area (Å²) in [6.45, 7) is 0. The zero-order valence-corrected chi connectivity index (χ0v) is 15.3. The molecule has 0 aliphatic heterocycles. The largest absolute Gasteiger partial charge is 0 e. The van der Waals surface area contributed by atoms with Gasteiger partial charge in [0.25, 0.3) is 0 Å². The molecule has 6 heteroatoms. The first kappa shape index (κ1) is 22.5. The Labute approximate surface area is 124 Å². The minimum absolute atomic E-state index is 0. The van der Waals surface area contributed by atoms with Crippen molar-refractivity contribution in [2.24, 2.45) is 5.73 Å². The van der Waals surface area contributed by atoms with Crippen LogP contribution in [0.2, 0.25) is 0 Å². The molecule has 0 heterocycles. The summed E-state index contributed by atoms with van der Waals surface area (Å²) in [5.41, 5.74) is 4.68. The molecular weight excluding hydrogens is 462 g/mol. The Bertz CT molecular complexity index is 47.5. The third-order valence-corrected chi connectivity index (χ3v) is 0. The molecule has 0 saturated heterocycles. The second-order valence-electron chi connectivity index (χ2n) is 0.348. The summed E-state index contributed by atoms with van der Waals surface area (Å²) in [4.78, 5) is 0. The zero-order valence-electron chi connectivity index (χ0n) is 5.87. The number of hydrogen-bond donors (Lipinski definition) is 2. The standard InChI is InChI=1S/CH3IN2.Ca.Pb.Ti.4H/c2-1(3)4;;;;;;;/h(H3,3,4);;;;;;;/q;+2;;;;;2*-1. The Balaban J connectivity index is -0.00000000450. The van der Waals surface area contributed by atoms with Crippen LogP contribution in [0.1, 0.15) is 2.85 Å². The Morgan fingerprint density at radius 3 is 1.71 bits per heavy atom. The van der Waals surface area contributed by atoms with E-state index in [1.807, 2.05) is 0 Å². The fourth-order valence-corrected chi connectivity index (χ4v) is 0. The van der Waals surface area contributed by atoms with Crippen molar-refractivity contribution in [2.75, 3.05) is 0 Å². The average molecular weight is 469 g/mol. The maximum Gasteiger partial charge on any atom is 0 e. The van der Waals surface area contributed by atoms with Crippen molar-refractivity contribution in [3.8, 4) is 0 Å². The Morgan fingerprint density at radius 2 is 1.71 bits per heavy atom. The number of hydrogen-bond acceptors (Lipinski definition) is 1. The minimum Gasteiger partial charge on any atom is 0 e. The van der Waals surface area contributed by atoms with Gasteiger partial charge in [-0.15, -0.1) is 0 Å². The van der Waals surface area contributed by atoms with Gasteiger partial charge in [-0.25, -0.2) is 0 Å².